The molecule has 1 aliphatic rings. The van der Waals surface area contributed by atoms with Crippen LogP contribution >= 0.6 is 0 Å². The first kappa shape index (κ1) is 14.8. The molecule has 2 aromatic rings. The van der Waals surface area contributed by atoms with Crippen molar-refractivity contribution in [3.8, 4) is 0 Å². The summed E-state index contributed by atoms with van der Waals surface area (Å²) in [4.78, 5) is 14.6. The number of esters is 1. The summed E-state index contributed by atoms with van der Waals surface area (Å²) in [7, 11) is 4.09. The van der Waals surface area contributed by atoms with Crippen LogP contribution < -0.4 is 0 Å². The van der Waals surface area contributed by atoms with Gasteiger partial charge in [0.15, 0.2) is 0 Å². The summed E-state index contributed by atoms with van der Waals surface area (Å²) in [6, 6.07) is 17.7. The molecule has 1 aliphatic carbocycles. The van der Waals surface area contributed by atoms with Crippen molar-refractivity contribution in [2.24, 2.45) is 0 Å². The summed E-state index contributed by atoms with van der Waals surface area (Å²) in [5, 5.41) is 0. The minimum absolute atomic E-state index is 0.211. The van der Waals surface area contributed by atoms with E-state index in [1.807, 2.05) is 44.4 Å². The molecule has 0 heterocycles. The zero-order valence-electron chi connectivity index (χ0n) is 13.0. The lowest BCUT2D eigenvalue weighted by molar-refractivity contribution is 0.000620. The molecule has 0 amide bonds. The van der Waals surface area contributed by atoms with E-state index in [0.717, 1.165) is 18.4 Å². The largest absolute Gasteiger partial charge is 0.452 e. The number of rotatable bonds is 3. The van der Waals surface area contributed by atoms with Crippen molar-refractivity contribution in [2.45, 2.75) is 25.0 Å². The van der Waals surface area contributed by atoms with Gasteiger partial charge in [-0.2, -0.15) is 0 Å². The van der Waals surface area contributed by atoms with Crippen molar-refractivity contribution < 1.29 is 9.53 Å². The number of carbonyl (C=O) groups is 1. The average molecular weight is 295 g/mol. The molecule has 22 heavy (non-hydrogen) atoms. The van der Waals surface area contributed by atoms with Crippen molar-refractivity contribution in [1.29, 1.82) is 0 Å². The number of nitrogens with zero attached hydrogens (tertiary/aromatic N) is 1. The average Bonchev–Trinajstić information content (AvgIpc) is 2.55. The molecule has 114 valence electrons. The van der Waals surface area contributed by atoms with Gasteiger partial charge in [-0.3, -0.25) is 0 Å². The number of hydrogen-bond donors (Lipinski definition) is 0. The summed E-state index contributed by atoms with van der Waals surface area (Å²) >= 11 is 0. The second-order valence-corrected chi connectivity index (χ2v) is 5.96. The van der Waals surface area contributed by atoms with Crippen LogP contribution in [0.25, 0.3) is 0 Å². The van der Waals surface area contributed by atoms with Gasteiger partial charge in [0.25, 0.3) is 0 Å². The molecule has 2 atom stereocenters. The molecule has 0 aromatic heterocycles. The van der Waals surface area contributed by atoms with Gasteiger partial charge in [0, 0.05) is 0 Å². The summed E-state index contributed by atoms with van der Waals surface area (Å²) in [6.45, 7) is 0. The van der Waals surface area contributed by atoms with Crippen LogP contribution in [-0.2, 0) is 11.2 Å². The quantitative estimate of drug-likeness (QED) is 0.812. The molecule has 0 aliphatic heterocycles. The van der Waals surface area contributed by atoms with Crippen LogP contribution in [0, 0.1) is 0 Å². The van der Waals surface area contributed by atoms with E-state index in [2.05, 4.69) is 17.0 Å². The monoisotopic (exact) mass is 295 g/mol. The van der Waals surface area contributed by atoms with Crippen molar-refractivity contribution in [2.75, 3.05) is 14.1 Å². The van der Waals surface area contributed by atoms with Crippen molar-refractivity contribution in [1.82, 2.24) is 4.90 Å². The second-order valence-electron chi connectivity index (χ2n) is 5.96. The molecule has 2 aromatic carbocycles. The van der Waals surface area contributed by atoms with Gasteiger partial charge in [0.1, 0.15) is 6.10 Å². The predicted molar refractivity (Wildman–Crippen MR) is 86.8 cm³/mol. The van der Waals surface area contributed by atoms with E-state index in [4.69, 9.17) is 4.74 Å². The molecule has 3 heteroatoms. The topological polar surface area (TPSA) is 29.5 Å². The third kappa shape index (κ3) is 2.90. The number of ether oxygens (including phenoxy) is 1. The Morgan fingerprint density at radius 2 is 1.73 bits per heavy atom. The molecule has 2 unspecified atom stereocenters. The summed E-state index contributed by atoms with van der Waals surface area (Å²) < 4.78 is 5.90. The Hall–Kier alpha value is -2.13. The van der Waals surface area contributed by atoms with E-state index in [-0.39, 0.29) is 18.1 Å². The third-order valence-electron chi connectivity index (χ3n) is 4.33. The number of carbonyl (C=O) groups excluding carboxylic acids is 1. The summed E-state index contributed by atoms with van der Waals surface area (Å²) in [6.07, 6.45) is 1.81. The molecule has 0 radical (unpaired) electrons. The third-order valence-corrected chi connectivity index (χ3v) is 4.33. The lowest BCUT2D eigenvalue weighted by Gasteiger charge is -2.37. The number of fused-ring (bicyclic) bond motifs is 1. The predicted octanol–water partition coefficient (Wildman–Crippen LogP) is 3.46. The Morgan fingerprint density at radius 1 is 1.05 bits per heavy atom. The lowest BCUT2D eigenvalue weighted by Crippen LogP contribution is -2.39. The van der Waals surface area contributed by atoms with Crippen LogP contribution in [0.4, 0.5) is 0 Å². The fraction of sp³-hybridized carbons (Fsp3) is 0.316. The molecular weight excluding hydrogens is 274 g/mol. The van der Waals surface area contributed by atoms with Crippen molar-refractivity contribution >= 4 is 5.97 Å². The number of benzene rings is 2. The van der Waals surface area contributed by atoms with E-state index in [1.165, 1.54) is 5.56 Å². The maximum Gasteiger partial charge on any atom is 0.338 e. The lowest BCUT2D eigenvalue weighted by atomic mass is 9.85. The summed E-state index contributed by atoms with van der Waals surface area (Å²) in [5.74, 6) is -0.255. The van der Waals surface area contributed by atoms with Gasteiger partial charge in [0.05, 0.1) is 11.6 Å². The van der Waals surface area contributed by atoms with Gasteiger partial charge in [-0.25, -0.2) is 4.79 Å². The molecule has 0 saturated heterocycles. The Bertz CT molecular complexity index is 651. The smallest absolute Gasteiger partial charge is 0.338 e. The van der Waals surface area contributed by atoms with E-state index < -0.39 is 0 Å². The fourth-order valence-corrected chi connectivity index (χ4v) is 3.13. The highest BCUT2D eigenvalue weighted by Gasteiger charge is 2.33. The SMILES string of the molecule is CN(C)C1CCc2ccccc2C1OC(=O)c1ccccc1. The van der Waals surface area contributed by atoms with Crippen molar-refractivity contribution in [3.05, 3.63) is 71.3 Å². The highest BCUT2D eigenvalue weighted by Crippen LogP contribution is 2.35. The molecule has 0 bridgehead atoms. The molecule has 0 N–H and O–H groups in total. The van der Waals surface area contributed by atoms with Gasteiger partial charge in [0.2, 0.25) is 0 Å². The van der Waals surface area contributed by atoms with Gasteiger partial charge in [-0.05, 0) is 50.2 Å². The van der Waals surface area contributed by atoms with Crippen LogP contribution in [-0.4, -0.2) is 31.0 Å². The van der Waals surface area contributed by atoms with Crippen molar-refractivity contribution in [3.63, 3.8) is 0 Å². The van der Waals surface area contributed by atoms with Crippen LogP contribution in [0.1, 0.15) is 34.0 Å². The van der Waals surface area contributed by atoms with E-state index in [9.17, 15) is 4.79 Å². The highest BCUT2D eigenvalue weighted by atomic mass is 16.5. The normalized spacial score (nSPS) is 20.5. The Balaban J connectivity index is 1.90. The molecule has 0 spiro atoms. The maximum absolute atomic E-state index is 12.5. The highest BCUT2D eigenvalue weighted by molar-refractivity contribution is 5.89. The number of hydrogen-bond acceptors (Lipinski definition) is 3. The van der Waals surface area contributed by atoms with E-state index in [0.29, 0.717) is 5.56 Å². The first-order valence-corrected chi connectivity index (χ1v) is 7.67. The standard InChI is InChI=1S/C19H21NO2/c1-20(2)17-13-12-14-8-6-7-11-16(14)18(17)22-19(21)15-9-4-3-5-10-15/h3-11,17-18H,12-13H2,1-2H3. The fourth-order valence-electron chi connectivity index (χ4n) is 3.13. The molecule has 3 rings (SSSR count). The van der Waals surface area contributed by atoms with Crippen LogP contribution in [0.15, 0.2) is 54.6 Å². The summed E-state index contributed by atoms with van der Waals surface area (Å²) in [5.41, 5.74) is 3.02. The first-order valence-electron chi connectivity index (χ1n) is 7.67. The van der Waals surface area contributed by atoms with Gasteiger partial charge in [-0.15, -0.1) is 0 Å². The number of likely N-dealkylation sites (N-methyl/N-ethyl adjacent to an activating group) is 1. The molecule has 3 nitrogen and oxygen atoms in total. The minimum Gasteiger partial charge on any atom is -0.452 e. The Labute approximate surface area is 131 Å². The molecule has 0 fully saturated rings. The van der Waals surface area contributed by atoms with Gasteiger partial charge in [-0.1, -0.05) is 42.5 Å². The van der Waals surface area contributed by atoms with Crippen LogP contribution in [0.3, 0.4) is 0 Å². The maximum atomic E-state index is 12.5. The zero-order chi connectivity index (χ0) is 15.5. The zero-order valence-corrected chi connectivity index (χ0v) is 13.0. The van der Waals surface area contributed by atoms with Gasteiger partial charge < -0.3 is 9.64 Å². The second kappa shape index (κ2) is 6.32. The molecular formula is C19H21NO2. The molecule has 0 saturated carbocycles. The van der Waals surface area contributed by atoms with E-state index >= 15 is 0 Å². The van der Waals surface area contributed by atoms with Crippen LogP contribution in [0.5, 0.6) is 0 Å². The Kier molecular flexibility index (Phi) is 4.25. The number of aryl methyl sites for hydroxylation is 1. The van der Waals surface area contributed by atoms with Gasteiger partial charge >= 0.3 is 5.97 Å². The van der Waals surface area contributed by atoms with E-state index in [1.54, 1.807) is 12.1 Å². The first-order chi connectivity index (χ1) is 10.7. The minimum atomic E-state index is -0.255. The Morgan fingerprint density at radius 3 is 2.45 bits per heavy atom. The van der Waals surface area contributed by atoms with Crippen LogP contribution in [0.2, 0.25) is 0 Å².